The monoisotopic (exact) mass is 460 g/mol. The van der Waals surface area contributed by atoms with E-state index in [1.807, 2.05) is 17.5 Å². The zero-order chi connectivity index (χ0) is 21.6. The van der Waals surface area contributed by atoms with Crippen molar-refractivity contribution < 1.29 is 13.2 Å². The number of halogens is 1. The average Bonchev–Trinajstić information content (AvgIpc) is 3.26. The predicted molar refractivity (Wildman–Crippen MR) is 123 cm³/mol. The van der Waals surface area contributed by atoms with Crippen LogP contribution in [0.25, 0.3) is 0 Å². The van der Waals surface area contributed by atoms with E-state index in [1.165, 1.54) is 28.6 Å². The lowest BCUT2D eigenvalue weighted by atomic mass is 10.2. The molecule has 3 aromatic rings. The molecule has 0 bridgehead atoms. The number of para-hydroxylation sites is 1. The molecule has 1 heterocycles. The zero-order valence-electron chi connectivity index (χ0n) is 16.1. The lowest BCUT2D eigenvalue weighted by Gasteiger charge is -2.24. The Hall–Kier alpha value is -2.61. The smallest absolute Gasteiger partial charge is 0.266 e. The Morgan fingerprint density at radius 2 is 1.90 bits per heavy atom. The maximum atomic E-state index is 13.4. The molecule has 1 aromatic heterocycles. The van der Waals surface area contributed by atoms with Crippen molar-refractivity contribution in [2.45, 2.75) is 11.3 Å². The third kappa shape index (κ3) is 5.11. The van der Waals surface area contributed by atoms with E-state index >= 15 is 0 Å². The molecule has 0 atom stereocenters. The lowest BCUT2D eigenvalue weighted by molar-refractivity contribution is 0.0954. The fourth-order valence-corrected chi connectivity index (χ4v) is 5.52. The van der Waals surface area contributed by atoms with Crippen LogP contribution in [0.15, 0.2) is 83.6 Å². The minimum atomic E-state index is -4.01. The highest BCUT2D eigenvalue weighted by molar-refractivity contribution is 7.93. The molecule has 0 saturated heterocycles. The van der Waals surface area contributed by atoms with Crippen LogP contribution in [0, 0.1) is 0 Å². The third-order valence-corrected chi connectivity index (χ3v) is 7.55. The highest BCUT2D eigenvalue weighted by atomic mass is 35.5. The number of hydrogen-bond donors (Lipinski definition) is 1. The number of nitrogens with one attached hydrogen (secondary N) is 1. The summed E-state index contributed by atoms with van der Waals surface area (Å²) in [5.74, 6) is -0.352. The normalized spacial score (nSPS) is 11.1. The van der Waals surface area contributed by atoms with Crippen LogP contribution in [0.2, 0.25) is 5.02 Å². The Labute approximate surface area is 185 Å². The molecule has 2 aromatic carbocycles. The van der Waals surface area contributed by atoms with Gasteiger partial charge < -0.3 is 5.32 Å². The van der Waals surface area contributed by atoms with E-state index in [9.17, 15) is 13.2 Å². The standard InChI is InChI=1S/C22H21ClN2O3S2/c1-2-14-25(18-7-4-3-5-8-18)30(27,28)21-16-17(10-11-20(21)23)22(26)24-13-12-19-9-6-15-29-19/h2-11,15-16H,1,12-14H2,(H,24,26). The van der Waals surface area contributed by atoms with Crippen molar-refractivity contribution in [3.05, 3.63) is 94.2 Å². The van der Waals surface area contributed by atoms with E-state index in [0.717, 1.165) is 4.88 Å². The second-order valence-corrected chi connectivity index (χ2v) is 9.66. The first kappa shape index (κ1) is 22.1. The van der Waals surface area contributed by atoms with Crippen molar-refractivity contribution in [1.82, 2.24) is 5.32 Å². The Kier molecular flexibility index (Phi) is 7.31. The molecule has 0 aliphatic carbocycles. The highest BCUT2D eigenvalue weighted by Gasteiger charge is 2.27. The molecule has 0 unspecified atom stereocenters. The van der Waals surface area contributed by atoms with Gasteiger partial charge in [0.05, 0.1) is 17.3 Å². The number of hydrogen-bond acceptors (Lipinski definition) is 4. The second-order valence-electron chi connectivity index (χ2n) is 6.39. The van der Waals surface area contributed by atoms with E-state index < -0.39 is 10.0 Å². The number of anilines is 1. The molecule has 1 N–H and O–H groups in total. The first-order chi connectivity index (χ1) is 14.4. The van der Waals surface area contributed by atoms with Crippen molar-refractivity contribution >= 4 is 44.6 Å². The van der Waals surface area contributed by atoms with E-state index in [4.69, 9.17) is 11.6 Å². The van der Waals surface area contributed by atoms with E-state index in [2.05, 4.69) is 11.9 Å². The fraction of sp³-hybridized carbons (Fsp3) is 0.136. The minimum Gasteiger partial charge on any atom is -0.352 e. The summed E-state index contributed by atoms with van der Waals surface area (Å²) < 4.78 is 27.9. The Balaban J connectivity index is 1.85. The second kappa shape index (κ2) is 9.93. The molecule has 1 amide bonds. The summed E-state index contributed by atoms with van der Waals surface area (Å²) in [6, 6.07) is 16.9. The maximum absolute atomic E-state index is 13.4. The molecule has 0 spiro atoms. The van der Waals surface area contributed by atoms with Gasteiger partial charge in [0.2, 0.25) is 0 Å². The molecule has 3 rings (SSSR count). The van der Waals surface area contributed by atoms with Gasteiger partial charge in [0.15, 0.2) is 0 Å². The van der Waals surface area contributed by atoms with Crippen LogP contribution in [0.3, 0.4) is 0 Å². The van der Waals surface area contributed by atoms with Crippen LogP contribution in [-0.2, 0) is 16.4 Å². The topological polar surface area (TPSA) is 66.5 Å². The predicted octanol–water partition coefficient (Wildman–Crippen LogP) is 4.76. The summed E-state index contributed by atoms with van der Waals surface area (Å²) in [7, 11) is -4.01. The summed E-state index contributed by atoms with van der Waals surface area (Å²) in [4.78, 5) is 13.6. The SMILES string of the molecule is C=CCN(c1ccccc1)S(=O)(=O)c1cc(C(=O)NCCc2cccs2)ccc1Cl. The van der Waals surface area contributed by atoms with Crippen molar-refractivity contribution in [2.24, 2.45) is 0 Å². The molecule has 0 radical (unpaired) electrons. The van der Waals surface area contributed by atoms with Crippen molar-refractivity contribution in [2.75, 3.05) is 17.4 Å². The molecule has 5 nitrogen and oxygen atoms in total. The van der Waals surface area contributed by atoms with Gasteiger partial charge in [0.25, 0.3) is 15.9 Å². The Morgan fingerprint density at radius 3 is 2.57 bits per heavy atom. The lowest BCUT2D eigenvalue weighted by Crippen LogP contribution is -2.32. The summed E-state index contributed by atoms with van der Waals surface area (Å²) in [5, 5.41) is 4.85. The number of sulfonamides is 1. The van der Waals surface area contributed by atoms with Crippen LogP contribution in [-0.4, -0.2) is 27.4 Å². The Morgan fingerprint density at radius 1 is 1.13 bits per heavy atom. The molecule has 0 aliphatic rings. The number of benzene rings is 2. The van der Waals surface area contributed by atoms with Gasteiger partial charge >= 0.3 is 0 Å². The number of carbonyl (C=O) groups is 1. The molecule has 0 fully saturated rings. The van der Waals surface area contributed by atoms with Gasteiger partial charge in [-0.15, -0.1) is 17.9 Å². The quantitative estimate of drug-likeness (QED) is 0.468. The largest absolute Gasteiger partial charge is 0.352 e. The summed E-state index contributed by atoms with van der Waals surface area (Å²) in [6.07, 6.45) is 2.21. The zero-order valence-corrected chi connectivity index (χ0v) is 18.5. The van der Waals surface area contributed by atoms with Crippen LogP contribution < -0.4 is 9.62 Å². The van der Waals surface area contributed by atoms with Gasteiger partial charge in [0, 0.05) is 17.0 Å². The van der Waals surface area contributed by atoms with E-state index in [1.54, 1.807) is 41.7 Å². The van der Waals surface area contributed by atoms with Crippen molar-refractivity contribution in [1.29, 1.82) is 0 Å². The van der Waals surface area contributed by atoms with Crippen molar-refractivity contribution in [3.63, 3.8) is 0 Å². The van der Waals surface area contributed by atoms with Crippen LogP contribution in [0.5, 0.6) is 0 Å². The van der Waals surface area contributed by atoms with Gasteiger partial charge in [-0.05, 0) is 48.2 Å². The van der Waals surface area contributed by atoms with Gasteiger partial charge in [0.1, 0.15) is 4.90 Å². The fourth-order valence-electron chi connectivity index (χ4n) is 2.87. The molecular formula is C22H21ClN2O3S2. The molecule has 0 saturated carbocycles. The van der Waals surface area contributed by atoms with E-state index in [0.29, 0.717) is 18.7 Å². The number of thiophene rings is 1. The minimum absolute atomic E-state index is 0.0510. The first-order valence-corrected chi connectivity index (χ1v) is 11.9. The maximum Gasteiger partial charge on any atom is 0.266 e. The van der Waals surface area contributed by atoms with Gasteiger partial charge in [-0.2, -0.15) is 0 Å². The van der Waals surface area contributed by atoms with E-state index in [-0.39, 0.29) is 27.9 Å². The number of amides is 1. The van der Waals surface area contributed by atoms with Crippen LogP contribution >= 0.6 is 22.9 Å². The molecule has 156 valence electrons. The molecule has 8 heteroatoms. The van der Waals surface area contributed by atoms with Gasteiger partial charge in [-0.3, -0.25) is 9.10 Å². The summed E-state index contributed by atoms with van der Waals surface area (Å²) >= 11 is 7.85. The van der Waals surface area contributed by atoms with Crippen LogP contribution in [0.4, 0.5) is 5.69 Å². The first-order valence-electron chi connectivity index (χ1n) is 9.22. The van der Waals surface area contributed by atoms with Gasteiger partial charge in [-0.25, -0.2) is 8.42 Å². The average molecular weight is 461 g/mol. The number of nitrogens with zero attached hydrogens (tertiary/aromatic N) is 1. The molecule has 0 aliphatic heterocycles. The Bertz CT molecular complexity index is 1110. The molecule has 30 heavy (non-hydrogen) atoms. The van der Waals surface area contributed by atoms with Crippen molar-refractivity contribution in [3.8, 4) is 0 Å². The van der Waals surface area contributed by atoms with Crippen LogP contribution in [0.1, 0.15) is 15.2 Å². The summed E-state index contributed by atoms with van der Waals surface area (Å²) in [6.45, 7) is 4.18. The van der Waals surface area contributed by atoms with Gasteiger partial charge in [-0.1, -0.05) is 41.9 Å². The third-order valence-electron chi connectivity index (χ3n) is 4.34. The summed E-state index contributed by atoms with van der Waals surface area (Å²) in [5.41, 5.74) is 0.718. The number of carbonyl (C=O) groups excluding carboxylic acids is 1. The highest BCUT2D eigenvalue weighted by Crippen LogP contribution is 2.29. The molecular weight excluding hydrogens is 440 g/mol. The number of rotatable bonds is 9.